The first-order valence-corrected chi connectivity index (χ1v) is 8.13. The molecule has 0 unspecified atom stereocenters. The van der Waals surface area contributed by atoms with Crippen molar-refractivity contribution in [1.29, 1.82) is 0 Å². The fraction of sp³-hybridized carbons (Fsp3) is 0.429. The number of amides is 2. The summed E-state index contributed by atoms with van der Waals surface area (Å²) in [6.45, 7) is 2.25. The summed E-state index contributed by atoms with van der Waals surface area (Å²) in [5, 5.41) is 0.384. The van der Waals surface area contributed by atoms with E-state index in [-0.39, 0.29) is 17.5 Å². The van der Waals surface area contributed by atoms with Crippen molar-refractivity contribution in [2.75, 3.05) is 31.9 Å². The minimum absolute atomic E-state index is 0.0120. The van der Waals surface area contributed by atoms with E-state index < -0.39 is 0 Å². The van der Waals surface area contributed by atoms with Gasteiger partial charge < -0.3 is 9.80 Å². The van der Waals surface area contributed by atoms with Crippen LogP contribution in [0.2, 0.25) is 5.02 Å². The molecule has 114 valence electrons. The minimum atomic E-state index is -0.345. The molecular weight excluding hydrogens is 315 g/mol. The molecule has 0 atom stereocenters. The van der Waals surface area contributed by atoms with Crippen molar-refractivity contribution >= 4 is 35.7 Å². The van der Waals surface area contributed by atoms with Crippen LogP contribution >= 0.6 is 23.4 Å². The fourth-order valence-corrected chi connectivity index (χ4v) is 3.34. The van der Waals surface area contributed by atoms with Gasteiger partial charge in [0, 0.05) is 42.5 Å². The SMILES string of the molecule is O=CN1CCN(C(=O)CSCc2c(F)cccc2Cl)CC1. The zero-order valence-corrected chi connectivity index (χ0v) is 13.0. The summed E-state index contributed by atoms with van der Waals surface area (Å²) in [4.78, 5) is 26.0. The quantitative estimate of drug-likeness (QED) is 0.775. The standard InChI is InChI=1S/C14H16ClFN2O2S/c15-12-2-1-3-13(16)11(12)8-21-9-14(20)18-6-4-17(10-19)5-7-18/h1-3,10H,4-9H2. The average molecular weight is 331 g/mol. The van der Waals surface area contributed by atoms with Crippen LogP contribution in [0.5, 0.6) is 0 Å². The van der Waals surface area contributed by atoms with Gasteiger partial charge in [-0.15, -0.1) is 11.8 Å². The van der Waals surface area contributed by atoms with E-state index in [2.05, 4.69) is 0 Å². The lowest BCUT2D eigenvalue weighted by Crippen LogP contribution is -2.48. The number of carbonyl (C=O) groups excluding carboxylic acids is 2. The number of rotatable bonds is 5. The number of halogens is 2. The number of hydrogen-bond donors (Lipinski definition) is 0. The second-order valence-electron chi connectivity index (χ2n) is 4.72. The first-order chi connectivity index (χ1) is 10.1. The van der Waals surface area contributed by atoms with Gasteiger partial charge in [0.1, 0.15) is 5.82 Å². The van der Waals surface area contributed by atoms with Crippen LogP contribution in [0.4, 0.5) is 4.39 Å². The Morgan fingerprint density at radius 3 is 2.67 bits per heavy atom. The predicted molar refractivity (Wildman–Crippen MR) is 81.8 cm³/mol. The van der Waals surface area contributed by atoms with Crippen LogP contribution in [0.25, 0.3) is 0 Å². The lowest BCUT2D eigenvalue weighted by molar-refractivity contribution is -0.132. The van der Waals surface area contributed by atoms with E-state index >= 15 is 0 Å². The van der Waals surface area contributed by atoms with Gasteiger partial charge >= 0.3 is 0 Å². The molecule has 0 radical (unpaired) electrons. The average Bonchev–Trinajstić information content (AvgIpc) is 2.50. The van der Waals surface area contributed by atoms with E-state index in [4.69, 9.17) is 11.6 Å². The number of piperazine rings is 1. The molecule has 1 aliphatic rings. The van der Waals surface area contributed by atoms with Crippen LogP contribution < -0.4 is 0 Å². The summed E-state index contributed by atoms with van der Waals surface area (Å²) in [5.41, 5.74) is 0.433. The largest absolute Gasteiger partial charge is 0.342 e. The maximum atomic E-state index is 13.6. The molecule has 0 spiro atoms. The molecule has 7 heteroatoms. The molecule has 0 N–H and O–H groups in total. The Morgan fingerprint density at radius 2 is 2.05 bits per heavy atom. The highest BCUT2D eigenvalue weighted by Gasteiger charge is 2.20. The van der Waals surface area contributed by atoms with Crippen LogP contribution in [0.1, 0.15) is 5.56 Å². The molecule has 1 aromatic rings. The highest BCUT2D eigenvalue weighted by atomic mass is 35.5. The van der Waals surface area contributed by atoms with E-state index in [1.807, 2.05) is 0 Å². The van der Waals surface area contributed by atoms with Gasteiger partial charge in [-0.3, -0.25) is 9.59 Å². The molecule has 1 saturated heterocycles. The molecule has 4 nitrogen and oxygen atoms in total. The maximum Gasteiger partial charge on any atom is 0.232 e. The van der Waals surface area contributed by atoms with E-state index in [1.165, 1.54) is 17.8 Å². The molecule has 1 fully saturated rings. The lowest BCUT2D eigenvalue weighted by atomic mass is 10.2. The van der Waals surface area contributed by atoms with Crippen LogP contribution in [0.15, 0.2) is 18.2 Å². The van der Waals surface area contributed by atoms with Gasteiger partial charge in [-0.05, 0) is 12.1 Å². The Kier molecular flexibility index (Phi) is 5.87. The Hall–Kier alpha value is -1.27. The number of benzene rings is 1. The van der Waals surface area contributed by atoms with Crippen molar-refractivity contribution in [3.05, 3.63) is 34.6 Å². The van der Waals surface area contributed by atoms with Crippen LogP contribution in [0.3, 0.4) is 0 Å². The topological polar surface area (TPSA) is 40.6 Å². The van der Waals surface area contributed by atoms with Crippen molar-refractivity contribution in [2.24, 2.45) is 0 Å². The molecule has 0 aliphatic carbocycles. The number of hydrogen-bond acceptors (Lipinski definition) is 3. The first-order valence-electron chi connectivity index (χ1n) is 6.59. The summed E-state index contributed by atoms with van der Waals surface area (Å²) in [5.74, 6) is 0.317. The summed E-state index contributed by atoms with van der Waals surface area (Å²) in [7, 11) is 0. The number of thioether (sulfide) groups is 1. The number of nitrogens with zero attached hydrogens (tertiary/aromatic N) is 2. The first kappa shape index (κ1) is 16.1. The van der Waals surface area contributed by atoms with Crippen LogP contribution in [-0.2, 0) is 15.3 Å². The number of carbonyl (C=O) groups is 2. The van der Waals surface area contributed by atoms with Gasteiger partial charge in [0.05, 0.1) is 5.75 Å². The fourth-order valence-electron chi connectivity index (χ4n) is 2.08. The van der Waals surface area contributed by atoms with Gasteiger partial charge in [0.25, 0.3) is 0 Å². The Labute approximate surface area is 132 Å². The second-order valence-corrected chi connectivity index (χ2v) is 6.11. The summed E-state index contributed by atoms with van der Waals surface area (Å²) >= 11 is 7.28. The van der Waals surface area contributed by atoms with Crippen molar-refractivity contribution in [1.82, 2.24) is 9.80 Å². The van der Waals surface area contributed by atoms with Crippen molar-refractivity contribution in [2.45, 2.75) is 5.75 Å². The molecular formula is C14H16ClFN2O2S. The van der Waals surface area contributed by atoms with Crippen molar-refractivity contribution in [3.8, 4) is 0 Å². The van der Waals surface area contributed by atoms with Crippen molar-refractivity contribution < 1.29 is 14.0 Å². The van der Waals surface area contributed by atoms with Gasteiger partial charge in [0.15, 0.2) is 0 Å². The molecule has 1 aromatic carbocycles. The Bertz CT molecular complexity index is 501. The summed E-state index contributed by atoms with van der Waals surface area (Å²) < 4.78 is 13.6. The third-order valence-corrected chi connectivity index (χ3v) is 4.65. The smallest absolute Gasteiger partial charge is 0.232 e. The van der Waals surface area contributed by atoms with Gasteiger partial charge in [0.2, 0.25) is 12.3 Å². The van der Waals surface area contributed by atoms with Crippen LogP contribution in [0, 0.1) is 5.82 Å². The van der Waals surface area contributed by atoms with E-state index in [0.29, 0.717) is 42.5 Å². The summed E-state index contributed by atoms with van der Waals surface area (Å²) in [6, 6.07) is 4.56. The molecule has 21 heavy (non-hydrogen) atoms. The van der Waals surface area contributed by atoms with E-state index in [9.17, 15) is 14.0 Å². The molecule has 1 aliphatic heterocycles. The third kappa shape index (κ3) is 4.35. The Balaban J connectivity index is 1.78. The van der Waals surface area contributed by atoms with Gasteiger partial charge in [-0.2, -0.15) is 0 Å². The predicted octanol–water partition coefficient (Wildman–Crippen LogP) is 2.01. The van der Waals surface area contributed by atoms with Gasteiger partial charge in [-0.1, -0.05) is 17.7 Å². The minimum Gasteiger partial charge on any atom is -0.342 e. The maximum absolute atomic E-state index is 13.6. The van der Waals surface area contributed by atoms with Crippen molar-refractivity contribution in [3.63, 3.8) is 0 Å². The Morgan fingerprint density at radius 1 is 1.33 bits per heavy atom. The highest BCUT2D eigenvalue weighted by molar-refractivity contribution is 7.99. The summed E-state index contributed by atoms with van der Waals surface area (Å²) in [6.07, 6.45) is 0.802. The lowest BCUT2D eigenvalue weighted by Gasteiger charge is -2.32. The normalized spacial score (nSPS) is 15.1. The van der Waals surface area contributed by atoms with E-state index in [1.54, 1.807) is 21.9 Å². The van der Waals surface area contributed by atoms with Gasteiger partial charge in [-0.25, -0.2) is 4.39 Å². The molecule has 2 amide bonds. The molecule has 1 heterocycles. The zero-order chi connectivity index (χ0) is 15.2. The van der Waals surface area contributed by atoms with E-state index in [0.717, 1.165) is 6.41 Å². The molecule has 0 bridgehead atoms. The highest BCUT2D eigenvalue weighted by Crippen LogP contribution is 2.24. The monoisotopic (exact) mass is 330 g/mol. The molecule has 0 aromatic heterocycles. The molecule has 0 saturated carbocycles. The third-order valence-electron chi connectivity index (χ3n) is 3.35. The zero-order valence-electron chi connectivity index (χ0n) is 11.4. The van der Waals surface area contributed by atoms with Crippen LogP contribution in [-0.4, -0.2) is 54.0 Å². The molecule has 2 rings (SSSR count). The second kappa shape index (κ2) is 7.66.